The van der Waals surface area contributed by atoms with Crippen molar-refractivity contribution in [2.45, 2.75) is 26.1 Å². The number of benzene rings is 3. The van der Waals surface area contributed by atoms with Crippen LogP contribution in [0.3, 0.4) is 0 Å². The van der Waals surface area contributed by atoms with E-state index >= 15 is 0 Å². The van der Waals surface area contributed by atoms with Crippen LogP contribution in [0.1, 0.15) is 12.5 Å². The Balaban J connectivity index is 0.000000212. The second-order valence-electron chi connectivity index (χ2n) is 10.7. The number of hydrogen-bond acceptors (Lipinski definition) is 9. The lowest BCUT2D eigenvalue weighted by Crippen LogP contribution is -2.42. The Morgan fingerprint density at radius 3 is 1.67 bits per heavy atom. The topological polar surface area (TPSA) is 93.1 Å². The highest BCUT2D eigenvalue weighted by molar-refractivity contribution is 5.83. The SMILES string of the molecule is CCOC.Cc1ccc(OCC(O)CN2CCOCC2)cc1.OC(COc1ccc2ccccc2c1)CN1CCOCC1. The van der Waals surface area contributed by atoms with Crippen molar-refractivity contribution in [3.05, 3.63) is 72.3 Å². The molecule has 2 atom stereocenters. The molecule has 5 rings (SSSR count). The molecule has 2 aliphatic heterocycles. The van der Waals surface area contributed by atoms with E-state index in [1.807, 2.05) is 68.4 Å². The van der Waals surface area contributed by atoms with Gasteiger partial charge in [0.25, 0.3) is 0 Å². The van der Waals surface area contributed by atoms with Crippen LogP contribution in [0.25, 0.3) is 10.8 Å². The number of morpholine rings is 2. The fourth-order valence-electron chi connectivity index (χ4n) is 4.55. The minimum atomic E-state index is -0.477. The fraction of sp³-hybridized carbons (Fsp3) is 0.529. The van der Waals surface area contributed by atoms with Gasteiger partial charge in [-0.05, 0) is 48.9 Å². The lowest BCUT2D eigenvalue weighted by atomic mass is 10.1. The average Bonchev–Trinajstić information content (AvgIpc) is 3.05. The highest BCUT2D eigenvalue weighted by Gasteiger charge is 2.16. The molecule has 0 aliphatic carbocycles. The maximum atomic E-state index is 10.1. The number of aliphatic hydroxyl groups excluding tert-OH is 2. The van der Waals surface area contributed by atoms with E-state index in [0.717, 1.165) is 76.1 Å². The van der Waals surface area contributed by atoms with Crippen LogP contribution >= 0.6 is 0 Å². The van der Waals surface area contributed by atoms with Gasteiger partial charge in [0.2, 0.25) is 0 Å². The summed E-state index contributed by atoms with van der Waals surface area (Å²) >= 11 is 0. The second kappa shape index (κ2) is 20.2. The van der Waals surface area contributed by atoms with Crippen molar-refractivity contribution < 1.29 is 33.9 Å². The summed E-state index contributed by atoms with van der Waals surface area (Å²) < 4.78 is 26.4. The van der Waals surface area contributed by atoms with Crippen molar-refractivity contribution in [1.29, 1.82) is 0 Å². The van der Waals surface area contributed by atoms with Gasteiger partial charge in [-0.1, -0.05) is 48.0 Å². The number of hydrogen-bond donors (Lipinski definition) is 2. The molecule has 0 amide bonds. The molecule has 3 aromatic carbocycles. The maximum absolute atomic E-state index is 10.1. The second-order valence-corrected chi connectivity index (χ2v) is 10.7. The third-order valence-corrected chi connectivity index (χ3v) is 7.06. The highest BCUT2D eigenvalue weighted by atomic mass is 16.5. The summed E-state index contributed by atoms with van der Waals surface area (Å²) in [5.74, 6) is 1.61. The van der Waals surface area contributed by atoms with E-state index in [9.17, 15) is 10.2 Å². The van der Waals surface area contributed by atoms with Gasteiger partial charge in [-0.3, -0.25) is 9.80 Å². The van der Waals surface area contributed by atoms with Gasteiger partial charge in [0.15, 0.2) is 0 Å². The van der Waals surface area contributed by atoms with Gasteiger partial charge in [-0.15, -0.1) is 0 Å². The number of nitrogens with zero attached hydrogens (tertiary/aromatic N) is 2. The molecule has 2 saturated heterocycles. The first-order chi connectivity index (χ1) is 21.0. The largest absolute Gasteiger partial charge is 0.491 e. The number of rotatable bonds is 11. The highest BCUT2D eigenvalue weighted by Crippen LogP contribution is 2.20. The van der Waals surface area contributed by atoms with Gasteiger partial charge in [-0.25, -0.2) is 0 Å². The van der Waals surface area contributed by atoms with Crippen molar-refractivity contribution >= 4 is 10.8 Å². The normalized spacial score (nSPS) is 17.1. The Bertz CT molecular complexity index is 1130. The average molecular weight is 599 g/mol. The Morgan fingerprint density at radius 2 is 1.16 bits per heavy atom. The van der Waals surface area contributed by atoms with Crippen LogP contribution in [0.2, 0.25) is 0 Å². The molecule has 0 bridgehead atoms. The van der Waals surface area contributed by atoms with E-state index in [-0.39, 0.29) is 0 Å². The van der Waals surface area contributed by atoms with Crippen molar-refractivity contribution in [2.75, 3.05) is 92.6 Å². The van der Waals surface area contributed by atoms with E-state index in [2.05, 4.69) is 26.7 Å². The standard InChI is InChI=1S/C17H21NO3.C14H21NO3.C3H8O/c19-16(12-18-7-9-20-10-8-18)13-21-17-6-5-14-3-1-2-4-15(14)11-17;1-12-2-4-14(5-3-12)18-11-13(16)10-15-6-8-17-9-7-15;1-3-4-2/h1-6,11,16,19H,7-10,12-13H2;2-5,13,16H,6-11H2,1H3;3H2,1-2H3. The van der Waals surface area contributed by atoms with Gasteiger partial charge in [0, 0.05) is 53.0 Å². The summed E-state index contributed by atoms with van der Waals surface area (Å²) in [4.78, 5) is 4.41. The summed E-state index contributed by atoms with van der Waals surface area (Å²) in [6.07, 6.45) is -0.932. The zero-order chi connectivity index (χ0) is 30.7. The monoisotopic (exact) mass is 598 g/mol. The van der Waals surface area contributed by atoms with Crippen LogP contribution in [0.15, 0.2) is 66.7 Å². The van der Waals surface area contributed by atoms with Crippen LogP contribution in [0, 0.1) is 6.92 Å². The fourth-order valence-corrected chi connectivity index (χ4v) is 4.55. The van der Waals surface area contributed by atoms with Gasteiger partial charge in [0.05, 0.1) is 26.4 Å². The van der Waals surface area contributed by atoms with Crippen molar-refractivity contribution in [1.82, 2.24) is 9.80 Å². The molecule has 2 N–H and O–H groups in total. The van der Waals surface area contributed by atoms with Crippen LogP contribution in [-0.2, 0) is 14.2 Å². The first kappa shape index (κ1) is 34.7. The quantitative estimate of drug-likeness (QED) is 0.343. The van der Waals surface area contributed by atoms with Gasteiger partial charge >= 0.3 is 0 Å². The molecular formula is C34H50N2O7. The van der Waals surface area contributed by atoms with E-state index in [1.54, 1.807) is 7.11 Å². The Labute approximate surface area is 256 Å². The first-order valence-corrected chi connectivity index (χ1v) is 15.2. The number of aliphatic hydroxyl groups is 2. The molecule has 2 heterocycles. The number of β-amino-alcohol motifs (C(OH)–C–C–N with tert-alkyl or cyclic N) is 2. The Morgan fingerprint density at radius 1 is 0.698 bits per heavy atom. The zero-order valence-electron chi connectivity index (χ0n) is 26.0. The molecule has 3 aromatic rings. The molecule has 0 aromatic heterocycles. The van der Waals surface area contributed by atoms with Crippen molar-refractivity contribution in [3.8, 4) is 11.5 Å². The molecule has 2 fully saturated rings. The lowest BCUT2D eigenvalue weighted by Gasteiger charge is -2.28. The van der Waals surface area contributed by atoms with E-state index in [4.69, 9.17) is 18.9 Å². The molecule has 2 aliphatic rings. The third kappa shape index (κ3) is 14.0. The number of aryl methyl sites for hydroxylation is 1. The first-order valence-electron chi connectivity index (χ1n) is 15.2. The molecule has 9 heteroatoms. The summed E-state index contributed by atoms with van der Waals surface area (Å²) in [6, 6.07) is 22.0. The molecular weight excluding hydrogens is 548 g/mol. The molecule has 9 nitrogen and oxygen atoms in total. The summed E-state index contributed by atoms with van der Waals surface area (Å²) in [7, 11) is 1.68. The summed E-state index contributed by atoms with van der Waals surface area (Å²) in [5, 5.41) is 22.3. The molecule has 238 valence electrons. The maximum Gasteiger partial charge on any atom is 0.120 e. The van der Waals surface area contributed by atoms with Gasteiger partial charge < -0.3 is 33.9 Å². The minimum absolute atomic E-state index is 0.315. The van der Waals surface area contributed by atoms with Gasteiger partial charge in [-0.2, -0.15) is 0 Å². The number of ether oxygens (including phenoxy) is 5. The van der Waals surface area contributed by atoms with Crippen LogP contribution in [0.5, 0.6) is 11.5 Å². The Hall–Kier alpha value is -2.76. The molecule has 2 unspecified atom stereocenters. The van der Waals surface area contributed by atoms with Crippen molar-refractivity contribution in [2.24, 2.45) is 0 Å². The zero-order valence-corrected chi connectivity index (χ0v) is 26.0. The molecule has 43 heavy (non-hydrogen) atoms. The van der Waals surface area contributed by atoms with E-state index < -0.39 is 12.2 Å². The molecule has 0 saturated carbocycles. The van der Waals surface area contributed by atoms with Crippen LogP contribution in [0.4, 0.5) is 0 Å². The molecule has 0 radical (unpaired) electrons. The van der Waals surface area contributed by atoms with E-state index in [1.165, 1.54) is 10.9 Å². The Kier molecular flexibility index (Phi) is 16.3. The minimum Gasteiger partial charge on any atom is -0.491 e. The third-order valence-electron chi connectivity index (χ3n) is 7.06. The number of methoxy groups -OCH3 is 1. The molecule has 0 spiro atoms. The van der Waals surface area contributed by atoms with Crippen LogP contribution < -0.4 is 9.47 Å². The summed E-state index contributed by atoms with van der Waals surface area (Å²) in [5.41, 5.74) is 1.20. The predicted octanol–water partition coefficient (Wildman–Crippen LogP) is 3.63. The van der Waals surface area contributed by atoms with Crippen molar-refractivity contribution in [3.63, 3.8) is 0 Å². The van der Waals surface area contributed by atoms with Gasteiger partial charge in [0.1, 0.15) is 36.9 Å². The lowest BCUT2D eigenvalue weighted by molar-refractivity contribution is 0.00453. The van der Waals surface area contributed by atoms with Crippen LogP contribution in [-0.4, -0.2) is 125 Å². The number of fused-ring (bicyclic) bond motifs is 1. The summed E-state index contributed by atoms with van der Waals surface area (Å²) in [6.45, 7) is 13.3. The predicted molar refractivity (Wildman–Crippen MR) is 170 cm³/mol. The van der Waals surface area contributed by atoms with E-state index in [0.29, 0.717) is 26.3 Å². The smallest absolute Gasteiger partial charge is 0.120 e.